The predicted octanol–water partition coefficient (Wildman–Crippen LogP) is 3.34. The van der Waals surface area contributed by atoms with Crippen molar-refractivity contribution in [2.45, 2.75) is 51.7 Å². The molecular weight excluding hydrogens is 308 g/mol. The zero-order chi connectivity index (χ0) is 18.0. The molecule has 1 aromatic rings. The number of amides is 1. The van der Waals surface area contributed by atoms with Crippen LogP contribution in [0.3, 0.4) is 0 Å². The van der Waals surface area contributed by atoms with Gasteiger partial charge in [0.2, 0.25) is 0 Å². The second-order valence-electron chi connectivity index (χ2n) is 6.51. The third-order valence-electron chi connectivity index (χ3n) is 3.20. The molecule has 0 aliphatic heterocycles. The Morgan fingerprint density at radius 2 is 1.79 bits per heavy atom. The Morgan fingerprint density at radius 3 is 2.38 bits per heavy atom. The summed E-state index contributed by atoms with van der Waals surface area (Å²) in [4.78, 5) is 23.6. The second kappa shape index (κ2) is 9.80. The van der Waals surface area contributed by atoms with Gasteiger partial charge in [0.15, 0.2) is 0 Å². The summed E-state index contributed by atoms with van der Waals surface area (Å²) in [7, 11) is 1.31. The summed E-state index contributed by atoms with van der Waals surface area (Å²) in [5, 5.41) is 5.88. The molecule has 0 aliphatic rings. The maximum atomic E-state index is 11.8. The van der Waals surface area contributed by atoms with Crippen LogP contribution in [0.1, 0.15) is 40.0 Å². The monoisotopic (exact) mass is 336 g/mol. The Hall–Kier alpha value is -2.24. The van der Waals surface area contributed by atoms with Crippen molar-refractivity contribution < 1.29 is 19.1 Å². The fraction of sp³-hybridized carbons (Fsp3) is 0.556. The first-order valence-corrected chi connectivity index (χ1v) is 8.18. The molecule has 1 amide bonds. The molecule has 0 aliphatic carbocycles. The van der Waals surface area contributed by atoms with Crippen LogP contribution in [0.4, 0.5) is 10.5 Å². The Morgan fingerprint density at radius 1 is 1.12 bits per heavy atom. The van der Waals surface area contributed by atoms with E-state index in [1.807, 2.05) is 30.3 Å². The van der Waals surface area contributed by atoms with Crippen LogP contribution in [0, 0.1) is 0 Å². The highest BCUT2D eigenvalue weighted by Gasteiger charge is 2.24. The van der Waals surface area contributed by atoms with Gasteiger partial charge < -0.3 is 20.1 Å². The van der Waals surface area contributed by atoms with E-state index >= 15 is 0 Å². The van der Waals surface area contributed by atoms with E-state index in [1.54, 1.807) is 20.8 Å². The fourth-order valence-corrected chi connectivity index (χ4v) is 2.10. The third-order valence-corrected chi connectivity index (χ3v) is 3.20. The Balaban J connectivity index is 2.35. The highest BCUT2D eigenvalue weighted by atomic mass is 16.6. The molecular formula is C18H28N2O4. The quantitative estimate of drug-likeness (QED) is 0.562. The molecule has 2 N–H and O–H groups in total. The van der Waals surface area contributed by atoms with Gasteiger partial charge in [0.25, 0.3) is 0 Å². The molecule has 0 radical (unpaired) electrons. The van der Waals surface area contributed by atoms with E-state index in [2.05, 4.69) is 10.6 Å². The molecule has 134 valence electrons. The fourth-order valence-electron chi connectivity index (χ4n) is 2.10. The van der Waals surface area contributed by atoms with E-state index in [-0.39, 0.29) is 0 Å². The van der Waals surface area contributed by atoms with Crippen molar-refractivity contribution in [1.29, 1.82) is 0 Å². The third kappa shape index (κ3) is 8.41. The van der Waals surface area contributed by atoms with Crippen LogP contribution in [0.5, 0.6) is 0 Å². The first-order chi connectivity index (χ1) is 11.3. The number of benzene rings is 1. The van der Waals surface area contributed by atoms with Crippen molar-refractivity contribution in [3.8, 4) is 0 Å². The Labute approximate surface area is 143 Å². The maximum Gasteiger partial charge on any atom is 0.408 e. The van der Waals surface area contributed by atoms with Crippen molar-refractivity contribution in [1.82, 2.24) is 5.32 Å². The first-order valence-electron chi connectivity index (χ1n) is 8.18. The number of rotatable bonds is 8. The minimum Gasteiger partial charge on any atom is -0.467 e. The molecule has 0 saturated heterocycles. The molecule has 0 fully saturated rings. The van der Waals surface area contributed by atoms with Crippen LogP contribution in [0.15, 0.2) is 30.3 Å². The van der Waals surface area contributed by atoms with Gasteiger partial charge in [0.1, 0.15) is 11.6 Å². The lowest BCUT2D eigenvalue weighted by molar-refractivity contribution is -0.143. The van der Waals surface area contributed by atoms with Crippen molar-refractivity contribution in [3.63, 3.8) is 0 Å². The summed E-state index contributed by atoms with van der Waals surface area (Å²) in [5.74, 6) is -0.461. The van der Waals surface area contributed by atoms with Gasteiger partial charge in [-0.15, -0.1) is 0 Å². The van der Waals surface area contributed by atoms with E-state index in [1.165, 1.54) is 7.11 Å². The van der Waals surface area contributed by atoms with Crippen molar-refractivity contribution in [2.75, 3.05) is 19.0 Å². The van der Waals surface area contributed by atoms with Gasteiger partial charge in [0.05, 0.1) is 7.11 Å². The molecule has 1 atom stereocenters. The number of carbonyl (C=O) groups is 2. The lowest BCUT2D eigenvalue weighted by Crippen LogP contribution is -2.44. The van der Waals surface area contributed by atoms with E-state index < -0.39 is 23.7 Å². The van der Waals surface area contributed by atoms with Gasteiger partial charge in [-0.3, -0.25) is 0 Å². The maximum absolute atomic E-state index is 11.8. The number of alkyl carbamates (subject to hydrolysis) is 1. The van der Waals surface area contributed by atoms with E-state index in [0.29, 0.717) is 6.42 Å². The number of carbonyl (C=O) groups excluding carboxylic acids is 2. The van der Waals surface area contributed by atoms with Crippen LogP contribution in [-0.4, -0.2) is 37.4 Å². The molecule has 24 heavy (non-hydrogen) atoms. The summed E-state index contributed by atoms with van der Waals surface area (Å²) in [5.41, 5.74) is 0.457. The van der Waals surface area contributed by atoms with Crippen molar-refractivity contribution in [3.05, 3.63) is 30.3 Å². The van der Waals surface area contributed by atoms with Crippen LogP contribution < -0.4 is 10.6 Å². The van der Waals surface area contributed by atoms with Crippen LogP contribution in [0.25, 0.3) is 0 Å². The van der Waals surface area contributed by atoms with Crippen LogP contribution >= 0.6 is 0 Å². The molecule has 1 rings (SSSR count). The molecule has 0 heterocycles. The molecule has 0 bridgehead atoms. The van der Waals surface area contributed by atoms with Gasteiger partial charge in [0, 0.05) is 12.2 Å². The normalized spacial score (nSPS) is 12.2. The number of hydrogen-bond acceptors (Lipinski definition) is 5. The highest BCUT2D eigenvalue weighted by Crippen LogP contribution is 2.10. The minimum absolute atomic E-state index is 0.461. The van der Waals surface area contributed by atoms with E-state index in [9.17, 15) is 9.59 Å². The topological polar surface area (TPSA) is 76.7 Å². The number of unbranched alkanes of at least 4 members (excludes halogenated alkanes) is 1. The lowest BCUT2D eigenvalue weighted by Gasteiger charge is -2.22. The molecule has 6 nitrogen and oxygen atoms in total. The van der Waals surface area contributed by atoms with E-state index in [4.69, 9.17) is 9.47 Å². The summed E-state index contributed by atoms with van der Waals surface area (Å²) < 4.78 is 9.92. The largest absolute Gasteiger partial charge is 0.467 e. The zero-order valence-corrected chi connectivity index (χ0v) is 14.9. The summed E-state index contributed by atoms with van der Waals surface area (Å²) >= 11 is 0. The second-order valence-corrected chi connectivity index (χ2v) is 6.51. The van der Waals surface area contributed by atoms with E-state index in [0.717, 1.165) is 25.1 Å². The molecule has 0 unspecified atom stereocenters. The molecule has 0 saturated carbocycles. The van der Waals surface area contributed by atoms with Gasteiger partial charge in [-0.2, -0.15) is 0 Å². The van der Waals surface area contributed by atoms with Crippen LogP contribution in [0.2, 0.25) is 0 Å². The summed E-state index contributed by atoms with van der Waals surface area (Å²) in [6.45, 7) is 6.11. The zero-order valence-electron chi connectivity index (χ0n) is 14.9. The van der Waals surface area contributed by atoms with Gasteiger partial charge in [-0.05, 0) is 52.2 Å². The van der Waals surface area contributed by atoms with Crippen LogP contribution in [-0.2, 0) is 14.3 Å². The molecule has 0 aromatic heterocycles. The van der Waals surface area contributed by atoms with Gasteiger partial charge in [-0.1, -0.05) is 18.2 Å². The Kier molecular flexibility index (Phi) is 8.09. The smallest absolute Gasteiger partial charge is 0.408 e. The lowest BCUT2D eigenvalue weighted by atomic mass is 10.1. The minimum atomic E-state index is -0.693. The standard InChI is InChI=1S/C18H28N2O4/c1-18(2,3)24-17(22)20-15(16(21)23-4)12-8-9-13-19-14-10-6-5-7-11-14/h5-7,10-11,15,19H,8-9,12-13H2,1-4H3,(H,20,22)/t15-/m0/s1. The SMILES string of the molecule is COC(=O)[C@H](CCCCNc1ccccc1)NC(=O)OC(C)(C)C. The average molecular weight is 336 g/mol. The van der Waals surface area contributed by atoms with Gasteiger partial charge >= 0.3 is 12.1 Å². The number of hydrogen-bond donors (Lipinski definition) is 2. The van der Waals surface area contributed by atoms with Crippen molar-refractivity contribution in [2.24, 2.45) is 0 Å². The summed E-state index contributed by atoms with van der Waals surface area (Å²) in [6, 6.07) is 9.22. The van der Waals surface area contributed by atoms with Crippen molar-refractivity contribution >= 4 is 17.7 Å². The predicted molar refractivity (Wildman–Crippen MR) is 94.0 cm³/mol. The number of methoxy groups -OCH3 is 1. The number of nitrogens with one attached hydrogen (secondary N) is 2. The first kappa shape index (κ1) is 19.8. The molecule has 6 heteroatoms. The molecule has 1 aromatic carbocycles. The Bertz CT molecular complexity index is 512. The van der Waals surface area contributed by atoms with Gasteiger partial charge in [-0.25, -0.2) is 9.59 Å². The number of esters is 1. The highest BCUT2D eigenvalue weighted by molar-refractivity contribution is 5.81. The average Bonchev–Trinajstić information content (AvgIpc) is 2.52. The summed E-state index contributed by atoms with van der Waals surface area (Å²) in [6.07, 6.45) is 1.54. The molecule has 0 spiro atoms. The number of para-hydroxylation sites is 1. The number of ether oxygens (including phenoxy) is 2. The number of anilines is 1.